The zero-order valence-electron chi connectivity index (χ0n) is 12.6. The van der Waals surface area contributed by atoms with E-state index >= 15 is 0 Å². The van der Waals surface area contributed by atoms with Crippen molar-refractivity contribution in [1.29, 1.82) is 0 Å². The molecule has 0 aromatic rings. The molecule has 1 aliphatic heterocycles. The maximum absolute atomic E-state index is 12.1. The number of unbranched alkanes of at least 4 members (excludes halogenated alkanes) is 1. The Hall–Kier alpha value is -0.320. The highest BCUT2D eigenvalue weighted by molar-refractivity contribution is 5.85. The zero-order chi connectivity index (χ0) is 13.5. The monoisotopic (exact) mass is 291 g/mol. The smallest absolute Gasteiger partial charge is 0.239 e. The highest BCUT2D eigenvalue weighted by atomic mass is 35.5. The molecule has 1 atom stereocenters. The van der Waals surface area contributed by atoms with Crippen LogP contribution in [0.2, 0.25) is 0 Å². The minimum Gasteiger partial charge on any atom is -0.344 e. The van der Waals surface area contributed by atoms with Crippen LogP contribution in [0.3, 0.4) is 0 Å². The third-order valence-electron chi connectivity index (χ3n) is 3.93. The van der Waals surface area contributed by atoms with Gasteiger partial charge in [0.1, 0.15) is 0 Å². The Morgan fingerprint density at radius 2 is 2.00 bits per heavy atom. The highest BCUT2D eigenvalue weighted by Crippen LogP contribution is 2.17. The molecule has 1 unspecified atom stereocenters. The molecule has 1 aliphatic rings. The van der Waals surface area contributed by atoms with Gasteiger partial charge in [-0.2, -0.15) is 0 Å². The van der Waals surface area contributed by atoms with Crippen molar-refractivity contribution >= 4 is 18.3 Å². The van der Waals surface area contributed by atoms with E-state index in [9.17, 15) is 4.79 Å². The van der Waals surface area contributed by atoms with Crippen LogP contribution < -0.4 is 5.73 Å². The molecule has 0 aliphatic carbocycles. The Labute approximate surface area is 124 Å². The van der Waals surface area contributed by atoms with E-state index in [2.05, 4.69) is 18.9 Å². The van der Waals surface area contributed by atoms with Crippen LogP contribution in [-0.2, 0) is 4.79 Å². The van der Waals surface area contributed by atoms with Crippen LogP contribution in [0.15, 0.2) is 0 Å². The molecule has 0 bridgehead atoms. The fraction of sp³-hybridized carbons (Fsp3) is 0.929. The van der Waals surface area contributed by atoms with Crippen molar-refractivity contribution in [3.05, 3.63) is 0 Å². The van der Waals surface area contributed by atoms with E-state index in [1.54, 1.807) is 0 Å². The zero-order valence-corrected chi connectivity index (χ0v) is 13.4. The Bertz CT molecular complexity index is 255. The van der Waals surface area contributed by atoms with Gasteiger partial charge in [0.05, 0.1) is 6.04 Å². The van der Waals surface area contributed by atoms with Gasteiger partial charge < -0.3 is 15.5 Å². The molecule has 0 saturated carbocycles. The summed E-state index contributed by atoms with van der Waals surface area (Å²) < 4.78 is 0. The van der Waals surface area contributed by atoms with E-state index in [0.29, 0.717) is 5.92 Å². The van der Waals surface area contributed by atoms with E-state index in [0.717, 1.165) is 38.9 Å². The first-order valence-corrected chi connectivity index (χ1v) is 7.23. The standard InChI is InChI=1S/C14H29N3O.ClH/c1-4-5-6-13(15)14(18)17(3)11-12-7-9-16(2)10-8-12;/h12-13H,4-11,15H2,1-3H3;1H. The summed E-state index contributed by atoms with van der Waals surface area (Å²) in [5.41, 5.74) is 5.93. The second-order valence-electron chi connectivity index (χ2n) is 5.71. The minimum atomic E-state index is -0.304. The predicted octanol–water partition coefficient (Wildman–Crippen LogP) is 1.73. The summed E-state index contributed by atoms with van der Waals surface area (Å²) in [5.74, 6) is 0.760. The van der Waals surface area contributed by atoms with Crippen LogP contribution >= 0.6 is 12.4 Å². The lowest BCUT2D eigenvalue weighted by atomic mass is 9.96. The Morgan fingerprint density at radius 3 is 2.53 bits per heavy atom. The average Bonchev–Trinajstić information content (AvgIpc) is 2.37. The number of carbonyl (C=O) groups is 1. The van der Waals surface area contributed by atoms with Gasteiger partial charge in [0, 0.05) is 13.6 Å². The van der Waals surface area contributed by atoms with Crippen molar-refractivity contribution in [2.24, 2.45) is 11.7 Å². The number of likely N-dealkylation sites (N-methyl/N-ethyl adjacent to an activating group) is 1. The molecule has 2 N–H and O–H groups in total. The number of halogens is 1. The quantitative estimate of drug-likeness (QED) is 0.811. The third-order valence-corrected chi connectivity index (χ3v) is 3.93. The van der Waals surface area contributed by atoms with Gasteiger partial charge in [0.15, 0.2) is 0 Å². The second kappa shape index (κ2) is 9.56. The summed E-state index contributed by atoms with van der Waals surface area (Å²) in [6.45, 7) is 5.29. The lowest BCUT2D eigenvalue weighted by Gasteiger charge is -2.32. The maximum Gasteiger partial charge on any atom is 0.239 e. The lowest BCUT2D eigenvalue weighted by Crippen LogP contribution is -2.45. The van der Waals surface area contributed by atoms with E-state index in [1.807, 2.05) is 11.9 Å². The molecule has 0 aromatic heterocycles. The summed E-state index contributed by atoms with van der Waals surface area (Å²) in [7, 11) is 4.05. The molecule has 1 fully saturated rings. The van der Waals surface area contributed by atoms with Crippen LogP contribution in [0.4, 0.5) is 0 Å². The molecule has 0 radical (unpaired) electrons. The normalized spacial score (nSPS) is 18.7. The first-order valence-electron chi connectivity index (χ1n) is 7.23. The Kier molecular flexibility index (Phi) is 9.40. The number of nitrogens with two attached hydrogens (primary N) is 1. The molecular weight excluding hydrogens is 262 g/mol. The molecule has 1 amide bonds. The third kappa shape index (κ3) is 6.59. The molecule has 4 nitrogen and oxygen atoms in total. The summed E-state index contributed by atoms with van der Waals surface area (Å²) in [4.78, 5) is 16.3. The van der Waals surface area contributed by atoms with Crippen LogP contribution in [0, 0.1) is 5.92 Å². The van der Waals surface area contributed by atoms with Crippen molar-refractivity contribution in [2.45, 2.75) is 45.1 Å². The van der Waals surface area contributed by atoms with Gasteiger partial charge in [-0.25, -0.2) is 0 Å². The number of hydrogen-bond acceptors (Lipinski definition) is 3. The Morgan fingerprint density at radius 1 is 1.42 bits per heavy atom. The molecule has 19 heavy (non-hydrogen) atoms. The van der Waals surface area contributed by atoms with Crippen molar-refractivity contribution in [1.82, 2.24) is 9.80 Å². The molecular formula is C14H30ClN3O. The van der Waals surface area contributed by atoms with Gasteiger partial charge in [0.2, 0.25) is 5.91 Å². The fourth-order valence-electron chi connectivity index (χ4n) is 2.55. The number of carbonyl (C=O) groups excluding carboxylic acids is 1. The number of nitrogens with zero attached hydrogens (tertiary/aromatic N) is 2. The topological polar surface area (TPSA) is 49.6 Å². The number of amides is 1. The van der Waals surface area contributed by atoms with Crippen LogP contribution in [0.5, 0.6) is 0 Å². The molecule has 1 saturated heterocycles. The number of hydrogen-bond donors (Lipinski definition) is 1. The van der Waals surface area contributed by atoms with Crippen molar-refractivity contribution in [3.63, 3.8) is 0 Å². The van der Waals surface area contributed by atoms with Crippen molar-refractivity contribution < 1.29 is 4.79 Å². The first-order chi connectivity index (χ1) is 8.54. The molecule has 5 heteroatoms. The van der Waals surface area contributed by atoms with Crippen molar-refractivity contribution in [3.8, 4) is 0 Å². The molecule has 0 spiro atoms. The van der Waals surface area contributed by atoms with Crippen molar-refractivity contribution in [2.75, 3.05) is 33.7 Å². The second-order valence-corrected chi connectivity index (χ2v) is 5.71. The first kappa shape index (κ1) is 18.7. The fourth-order valence-corrected chi connectivity index (χ4v) is 2.55. The van der Waals surface area contributed by atoms with Crippen LogP contribution in [0.25, 0.3) is 0 Å². The SMILES string of the molecule is CCCCC(N)C(=O)N(C)CC1CCN(C)CC1.Cl. The largest absolute Gasteiger partial charge is 0.344 e. The summed E-state index contributed by atoms with van der Waals surface area (Å²) in [5, 5.41) is 0. The van der Waals surface area contributed by atoms with E-state index < -0.39 is 0 Å². The lowest BCUT2D eigenvalue weighted by molar-refractivity contribution is -0.132. The highest BCUT2D eigenvalue weighted by Gasteiger charge is 2.22. The molecule has 0 aromatic carbocycles. The number of likely N-dealkylation sites (tertiary alicyclic amines) is 1. The van der Waals surface area contributed by atoms with E-state index in [1.165, 1.54) is 12.8 Å². The average molecular weight is 292 g/mol. The van der Waals surface area contributed by atoms with E-state index in [-0.39, 0.29) is 24.4 Å². The molecule has 114 valence electrons. The number of rotatable bonds is 6. The van der Waals surface area contributed by atoms with Gasteiger partial charge in [-0.3, -0.25) is 4.79 Å². The summed E-state index contributed by atoms with van der Waals surface area (Å²) in [6, 6.07) is -0.304. The Balaban J connectivity index is 0.00000324. The van der Waals surface area contributed by atoms with Crippen LogP contribution in [-0.4, -0.2) is 55.5 Å². The van der Waals surface area contributed by atoms with Gasteiger partial charge >= 0.3 is 0 Å². The maximum atomic E-state index is 12.1. The van der Waals surface area contributed by atoms with Gasteiger partial charge in [-0.1, -0.05) is 19.8 Å². The number of piperidine rings is 1. The van der Waals surface area contributed by atoms with E-state index in [4.69, 9.17) is 5.73 Å². The van der Waals surface area contributed by atoms with Gasteiger partial charge in [-0.05, 0) is 45.3 Å². The van der Waals surface area contributed by atoms with Gasteiger partial charge in [0.25, 0.3) is 0 Å². The molecule has 1 rings (SSSR count). The van der Waals surface area contributed by atoms with Crippen LogP contribution in [0.1, 0.15) is 39.0 Å². The summed E-state index contributed by atoms with van der Waals surface area (Å²) in [6.07, 6.45) is 5.33. The predicted molar refractivity (Wildman–Crippen MR) is 82.6 cm³/mol. The minimum absolute atomic E-state index is 0. The van der Waals surface area contributed by atoms with Gasteiger partial charge in [-0.15, -0.1) is 12.4 Å². The molecule has 1 heterocycles. The summed E-state index contributed by atoms with van der Waals surface area (Å²) >= 11 is 0.